The van der Waals surface area contributed by atoms with Gasteiger partial charge in [-0.15, -0.1) is 0 Å². The fourth-order valence-corrected chi connectivity index (χ4v) is 3.23. The minimum atomic E-state index is -0.442. The maximum atomic E-state index is 12.8. The van der Waals surface area contributed by atoms with E-state index in [9.17, 15) is 14.4 Å². The first-order valence-electron chi connectivity index (χ1n) is 9.49. The Hall–Kier alpha value is -2.37. The summed E-state index contributed by atoms with van der Waals surface area (Å²) < 4.78 is 0. The van der Waals surface area contributed by atoms with Crippen molar-refractivity contribution in [3.63, 3.8) is 0 Å². The Kier molecular flexibility index (Phi) is 6.63. The molecular weight excluding hydrogens is 342 g/mol. The number of nitrogens with zero attached hydrogens (tertiary/aromatic N) is 2. The van der Waals surface area contributed by atoms with E-state index in [1.165, 1.54) is 6.92 Å². The summed E-state index contributed by atoms with van der Waals surface area (Å²) in [6, 6.07) is 7.51. The summed E-state index contributed by atoms with van der Waals surface area (Å²) in [6.07, 6.45) is 1.60. The predicted octanol–water partition coefficient (Wildman–Crippen LogP) is 2.89. The Labute approximate surface area is 161 Å². The van der Waals surface area contributed by atoms with Gasteiger partial charge in [-0.25, -0.2) is 0 Å². The third-order valence-corrected chi connectivity index (χ3v) is 4.94. The molecule has 0 spiro atoms. The predicted molar refractivity (Wildman–Crippen MR) is 106 cm³/mol. The van der Waals surface area contributed by atoms with Gasteiger partial charge in [0.25, 0.3) is 0 Å². The third kappa shape index (κ3) is 5.55. The van der Waals surface area contributed by atoms with Crippen molar-refractivity contribution in [2.24, 2.45) is 11.3 Å². The van der Waals surface area contributed by atoms with E-state index in [4.69, 9.17) is 0 Å². The van der Waals surface area contributed by atoms with Gasteiger partial charge in [-0.05, 0) is 24.5 Å². The van der Waals surface area contributed by atoms with E-state index >= 15 is 0 Å². The average molecular weight is 373 g/mol. The number of carbonyl (C=O) groups excluding carboxylic acids is 3. The minimum absolute atomic E-state index is 0.0280. The van der Waals surface area contributed by atoms with Gasteiger partial charge in [-0.2, -0.15) is 0 Å². The van der Waals surface area contributed by atoms with Gasteiger partial charge in [0, 0.05) is 44.7 Å². The van der Waals surface area contributed by atoms with Crippen molar-refractivity contribution >= 4 is 23.4 Å². The Morgan fingerprint density at radius 3 is 2.52 bits per heavy atom. The lowest BCUT2D eigenvalue weighted by Crippen LogP contribution is -2.47. The highest BCUT2D eigenvalue weighted by molar-refractivity contribution is 5.94. The second-order valence-electron chi connectivity index (χ2n) is 8.36. The van der Waals surface area contributed by atoms with E-state index in [1.807, 2.05) is 49.9 Å². The van der Waals surface area contributed by atoms with Crippen LogP contribution in [0.4, 0.5) is 5.69 Å². The number of amides is 3. The molecule has 2 rings (SSSR count). The van der Waals surface area contributed by atoms with Gasteiger partial charge in [0.05, 0.1) is 5.92 Å². The molecule has 0 saturated carbocycles. The number of benzene rings is 1. The lowest BCUT2D eigenvalue weighted by Gasteiger charge is -2.36. The molecule has 148 valence electrons. The SMILES string of the molecule is CC(=O)N(C)Cc1ccccc1NC(=O)C1CCCN(C(=O)C(C)(C)C)C1. The van der Waals surface area contributed by atoms with Crippen molar-refractivity contribution in [2.75, 3.05) is 25.5 Å². The van der Waals surface area contributed by atoms with E-state index in [0.29, 0.717) is 19.6 Å². The molecule has 0 aromatic heterocycles. The summed E-state index contributed by atoms with van der Waals surface area (Å²) in [4.78, 5) is 40.3. The third-order valence-electron chi connectivity index (χ3n) is 4.94. The topological polar surface area (TPSA) is 69.7 Å². The van der Waals surface area contributed by atoms with E-state index in [1.54, 1.807) is 11.9 Å². The number of hydrogen-bond acceptors (Lipinski definition) is 3. The molecule has 0 aliphatic carbocycles. The Morgan fingerprint density at radius 2 is 1.89 bits per heavy atom. The Bertz CT molecular complexity index is 709. The van der Waals surface area contributed by atoms with Crippen molar-refractivity contribution in [2.45, 2.75) is 47.1 Å². The molecule has 6 nitrogen and oxygen atoms in total. The van der Waals surface area contributed by atoms with Crippen LogP contribution in [0.25, 0.3) is 0 Å². The van der Waals surface area contributed by atoms with Crippen LogP contribution < -0.4 is 5.32 Å². The molecule has 6 heteroatoms. The van der Waals surface area contributed by atoms with Crippen molar-refractivity contribution < 1.29 is 14.4 Å². The summed E-state index contributed by atoms with van der Waals surface area (Å²) in [7, 11) is 1.73. The molecule has 1 aliphatic heterocycles. The van der Waals surface area contributed by atoms with Gasteiger partial charge < -0.3 is 15.1 Å². The molecule has 3 amide bonds. The van der Waals surface area contributed by atoms with Crippen LogP contribution in [-0.2, 0) is 20.9 Å². The maximum Gasteiger partial charge on any atom is 0.229 e. The molecule has 1 aliphatic rings. The smallest absolute Gasteiger partial charge is 0.229 e. The quantitative estimate of drug-likeness (QED) is 0.882. The second kappa shape index (κ2) is 8.55. The summed E-state index contributed by atoms with van der Waals surface area (Å²) in [5.74, 6) is -0.230. The zero-order valence-corrected chi connectivity index (χ0v) is 17.0. The fraction of sp³-hybridized carbons (Fsp3) is 0.571. The summed E-state index contributed by atoms with van der Waals surface area (Å²) in [6.45, 7) is 8.83. The van der Waals surface area contributed by atoms with Crippen molar-refractivity contribution in [1.29, 1.82) is 0 Å². The minimum Gasteiger partial charge on any atom is -0.342 e. The van der Waals surface area contributed by atoms with Crippen LogP contribution in [-0.4, -0.2) is 47.7 Å². The monoisotopic (exact) mass is 373 g/mol. The number of piperidine rings is 1. The van der Waals surface area contributed by atoms with Crippen LogP contribution in [0.5, 0.6) is 0 Å². The number of anilines is 1. The molecule has 1 fully saturated rings. The molecule has 1 aromatic carbocycles. The first-order valence-corrected chi connectivity index (χ1v) is 9.49. The normalized spacial score (nSPS) is 17.4. The molecule has 27 heavy (non-hydrogen) atoms. The molecule has 0 bridgehead atoms. The number of carbonyl (C=O) groups is 3. The van der Waals surface area contributed by atoms with Crippen LogP contribution in [0.2, 0.25) is 0 Å². The Balaban J connectivity index is 2.07. The standard InChI is InChI=1S/C21H31N3O3/c1-15(25)23(5)13-16-9-6-7-11-18(16)22-19(26)17-10-8-12-24(14-17)20(27)21(2,3)4/h6-7,9,11,17H,8,10,12-14H2,1-5H3,(H,22,26). The number of likely N-dealkylation sites (tertiary alicyclic amines) is 1. The highest BCUT2D eigenvalue weighted by atomic mass is 16.2. The van der Waals surface area contributed by atoms with Crippen LogP contribution in [0.1, 0.15) is 46.1 Å². The molecule has 1 heterocycles. The van der Waals surface area contributed by atoms with Crippen LogP contribution >= 0.6 is 0 Å². The second-order valence-corrected chi connectivity index (χ2v) is 8.36. The lowest BCUT2D eigenvalue weighted by atomic mass is 9.91. The molecule has 1 atom stereocenters. The zero-order chi connectivity index (χ0) is 20.2. The molecule has 0 radical (unpaired) electrons. The van der Waals surface area contributed by atoms with Gasteiger partial charge in [0.2, 0.25) is 17.7 Å². The first kappa shape index (κ1) is 20.9. The first-order chi connectivity index (χ1) is 12.6. The van der Waals surface area contributed by atoms with Crippen molar-refractivity contribution in [3.05, 3.63) is 29.8 Å². The van der Waals surface area contributed by atoms with Crippen molar-refractivity contribution in [3.8, 4) is 0 Å². The van der Waals surface area contributed by atoms with Crippen LogP contribution in [0.3, 0.4) is 0 Å². The summed E-state index contributed by atoms with van der Waals surface area (Å²) >= 11 is 0. The molecular formula is C21H31N3O3. The van der Waals surface area contributed by atoms with E-state index in [0.717, 1.165) is 24.1 Å². The number of hydrogen-bond donors (Lipinski definition) is 1. The van der Waals surface area contributed by atoms with Crippen LogP contribution in [0.15, 0.2) is 24.3 Å². The summed E-state index contributed by atoms with van der Waals surface area (Å²) in [5.41, 5.74) is 1.17. The lowest BCUT2D eigenvalue weighted by molar-refractivity contribution is -0.142. The maximum absolute atomic E-state index is 12.8. The number of rotatable bonds is 4. The number of para-hydroxylation sites is 1. The van der Waals surface area contributed by atoms with Gasteiger partial charge >= 0.3 is 0 Å². The van der Waals surface area contributed by atoms with Gasteiger partial charge in [-0.3, -0.25) is 14.4 Å². The molecule has 1 aromatic rings. The Morgan fingerprint density at radius 1 is 1.22 bits per heavy atom. The summed E-state index contributed by atoms with van der Waals surface area (Å²) in [5, 5.41) is 3.01. The van der Waals surface area contributed by atoms with E-state index in [2.05, 4.69) is 5.32 Å². The highest BCUT2D eigenvalue weighted by Gasteiger charge is 2.33. The van der Waals surface area contributed by atoms with E-state index in [-0.39, 0.29) is 23.6 Å². The number of nitrogens with one attached hydrogen (secondary N) is 1. The van der Waals surface area contributed by atoms with E-state index < -0.39 is 5.41 Å². The van der Waals surface area contributed by atoms with Gasteiger partial charge in [0.1, 0.15) is 0 Å². The average Bonchev–Trinajstić information content (AvgIpc) is 2.61. The van der Waals surface area contributed by atoms with Gasteiger partial charge in [0.15, 0.2) is 0 Å². The van der Waals surface area contributed by atoms with Crippen molar-refractivity contribution in [1.82, 2.24) is 9.80 Å². The van der Waals surface area contributed by atoms with Crippen LogP contribution in [0, 0.1) is 11.3 Å². The largest absolute Gasteiger partial charge is 0.342 e. The molecule has 1 saturated heterocycles. The fourth-order valence-electron chi connectivity index (χ4n) is 3.23. The van der Waals surface area contributed by atoms with Gasteiger partial charge in [-0.1, -0.05) is 39.0 Å². The zero-order valence-electron chi connectivity index (χ0n) is 17.0. The molecule has 1 N–H and O–H groups in total. The highest BCUT2D eigenvalue weighted by Crippen LogP contribution is 2.25. The molecule has 1 unspecified atom stereocenters.